The Morgan fingerprint density at radius 2 is 2.10 bits per heavy atom. The van der Waals surface area contributed by atoms with Gasteiger partial charge in [0.25, 0.3) is 5.91 Å². The number of nitrogens with one attached hydrogen (secondary N) is 1. The smallest absolute Gasteiger partial charge is 0.253 e. The summed E-state index contributed by atoms with van der Waals surface area (Å²) in [6, 6.07) is 3.81. The number of carbonyl (C=O) groups is 2. The van der Waals surface area contributed by atoms with Crippen LogP contribution in [0.2, 0.25) is 5.02 Å². The van der Waals surface area contributed by atoms with Gasteiger partial charge in [-0.25, -0.2) is 4.39 Å². The van der Waals surface area contributed by atoms with Crippen LogP contribution in [0.5, 0.6) is 0 Å². The SMILES string of the molecule is CC1(C2CC2)NC(=O)CN(c2ccc(F)cc2Cl)C1=O. The number of carbonyl (C=O) groups excluding carboxylic acids is 2. The van der Waals surface area contributed by atoms with Crippen LogP contribution in [-0.4, -0.2) is 23.9 Å². The van der Waals surface area contributed by atoms with Gasteiger partial charge in [0.05, 0.1) is 10.7 Å². The summed E-state index contributed by atoms with van der Waals surface area (Å²) < 4.78 is 13.1. The summed E-state index contributed by atoms with van der Waals surface area (Å²) >= 11 is 6.00. The maximum atomic E-state index is 13.1. The second-order valence-corrected chi connectivity index (χ2v) is 5.92. The molecule has 0 radical (unpaired) electrons. The van der Waals surface area contributed by atoms with Crippen LogP contribution >= 0.6 is 11.6 Å². The molecule has 4 nitrogen and oxygen atoms in total. The van der Waals surface area contributed by atoms with Gasteiger partial charge >= 0.3 is 0 Å². The predicted molar refractivity (Wildman–Crippen MR) is 73.0 cm³/mol. The van der Waals surface area contributed by atoms with Gasteiger partial charge in [-0.1, -0.05) is 11.6 Å². The number of rotatable bonds is 2. The molecule has 0 spiro atoms. The van der Waals surface area contributed by atoms with Crippen molar-refractivity contribution in [3.63, 3.8) is 0 Å². The first kappa shape index (κ1) is 13.4. The maximum Gasteiger partial charge on any atom is 0.253 e. The second kappa shape index (κ2) is 4.45. The van der Waals surface area contributed by atoms with E-state index in [1.54, 1.807) is 6.92 Å². The van der Waals surface area contributed by atoms with Crippen LogP contribution < -0.4 is 10.2 Å². The number of piperazine rings is 1. The molecule has 0 bridgehead atoms. The first-order valence-corrected chi connectivity index (χ1v) is 6.87. The molecule has 106 valence electrons. The van der Waals surface area contributed by atoms with Gasteiger partial charge in [0.1, 0.15) is 17.9 Å². The fraction of sp³-hybridized carbons (Fsp3) is 0.429. The van der Waals surface area contributed by atoms with Crippen molar-refractivity contribution in [3.05, 3.63) is 29.0 Å². The molecule has 20 heavy (non-hydrogen) atoms. The van der Waals surface area contributed by atoms with Gasteiger partial charge in [-0.2, -0.15) is 0 Å². The molecule has 1 aromatic rings. The fourth-order valence-corrected chi connectivity index (χ4v) is 2.98. The highest BCUT2D eigenvalue weighted by atomic mass is 35.5. The minimum Gasteiger partial charge on any atom is -0.340 e. The van der Waals surface area contributed by atoms with Crippen molar-refractivity contribution in [1.82, 2.24) is 5.32 Å². The molecule has 2 aliphatic rings. The Morgan fingerprint density at radius 3 is 2.70 bits per heavy atom. The van der Waals surface area contributed by atoms with Crippen LogP contribution in [0.1, 0.15) is 19.8 Å². The Morgan fingerprint density at radius 1 is 1.40 bits per heavy atom. The zero-order valence-electron chi connectivity index (χ0n) is 11.0. The summed E-state index contributed by atoms with van der Waals surface area (Å²) in [6.45, 7) is 1.65. The number of hydrogen-bond acceptors (Lipinski definition) is 2. The van der Waals surface area contributed by atoms with Crippen LogP contribution in [0.25, 0.3) is 0 Å². The Kier molecular flexibility index (Phi) is 2.97. The van der Waals surface area contributed by atoms with E-state index in [1.165, 1.54) is 17.0 Å². The normalized spacial score (nSPS) is 26.6. The van der Waals surface area contributed by atoms with Gasteiger partial charge in [0.15, 0.2) is 0 Å². The quantitative estimate of drug-likeness (QED) is 0.909. The third-order valence-corrected chi connectivity index (χ3v) is 4.29. The van der Waals surface area contributed by atoms with Crippen LogP contribution in [-0.2, 0) is 9.59 Å². The molecule has 1 unspecified atom stereocenters. The Bertz CT molecular complexity index is 603. The van der Waals surface area contributed by atoms with Crippen molar-refractivity contribution in [2.75, 3.05) is 11.4 Å². The van der Waals surface area contributed by atoms with E-state index in [-0.39, 0.29) is 29.3 Å². The summed E-state index contributed by atoms with van der Waals surface area (Å²) in [6.07, 6.45) is 1.85. The first-order valence-electron chi connectivity index (χ1n) is 6.50. The van der Waals surface area contributed by atoms with Crippen molar-refractivity contribution in [2.24, 2.45) is 5.92 Å². The Balaban J connectivity index is 1.99. The predicted octanol–water partition coefficient (Wildman–Crippen LogP) is 2.11. The molecule has 1 saturated heterocycles. The van der Waals surface area contributed by atoms with Crippen molar-refractivity contribution in [2.45, 2.75) is 25.3 Å². The Hall–Kier alpha value is -1.62. The second-order valence-electron chi connectivity index (χ2n) is 5.51. The highest BCUT2D eigenvalue weighted by Crippen LogP contribution is 2.42. The third-order valence-electron chi connectivity index (χ3n) is 3.98. The maximum absolute atomic E-state index is 13.1. The largest absolute Gasteiger partial charge is 0.340 e. The summed E-state index contributed by atoms with van der Waals surface area (Å²) in [7, 11) is 0. The van der Waals surface area contributed by atoms with Crippen LogP contribution in [0.4, 0.5) is 10.1 Å². The summed E-state index contributed by atoms with van der Waals surface area (Å²) in [5.41, 5.74) is -0.507. The minimum atomic E-state index is -0.882. The number of nitrogens with zero attached hydrogens (tertiary/aromatic N) is 1. The summed E-state index contributed by atoms with van der Waals surface area (Å²) in [4.78, 5) is 25.9. The minimum absolute atomic E-state index is 0.0908. The molecule has 6 heteroatoms. The van der Waals surface area contributed by atoms with E-state index in [0.717, 1.165) is 18.9 Å². The highest BCUT2D eigenvalue weighted by molar-refractivity contribution is 6.34. The lowest BCUT2D eigenvalue weighted by molar-refractivity contribution is -0.136. The molecule has 1 aliphatic heterocycles. The van der Waals surface area contributed by atoms with Crippen LogP contribution in [0.15, 0.2) is 18.2 Å². The van der Waals surface area contributed by atoms with E-state index in [1.807, 2.05) is 0 Å². The number of halogens is 2. The lowest BCUT2D eigenvalue weighted by Gasteiger charge is -2.40. The summed E-state index contributed by atoms with van der Waals surface area (Å²) in [5, 5.41) is 2.92. The zero-order chi connectivity index (χ0) is 14.5. The number of hydrogen-bond donors (Lipinski definition) is 1. The first-order chi connectivity index (χ1) is 9.41. The van der Waals surface area contributed by atoms with Gasteiger partial charge in [-0.15, -0.1) is 0 Å². The molecule has 1 N–H and O–H groups in total. The third kappa shape index (κ3) is 2.06. The van der Waals surface area contributed by atoms with Gasteiger partial charge in [0, 0.05) is 0 Å². The fourth-order valence-electron chi connectivity index (χ4n) is 2.71. The van der Waals surface area contributed by atoms with Crippen LogP contribution in [0.3, 0.4) is 0 Å². The highest BCUT2D eigenvalue weighted by Gasteiger charge is 2.53. The van der Waals surface area contributed by atoms with Gasteiger partial charge in [-0.05, 0) is 43.9 Å². The van der Waals surface area contributed by atoms with Gasteiger partial charge < -0.3 is 5.32 Å². The molecule has 1 heterocycles. The van der Waals surface area contributed by atoms with Gasteiger partial charge in [0.2, 0.25) is 5.91 Å². The standard InChI is InChI=1S/C14H14ClFN2O2/c1-14(8-2-3-8)13(20)18(7-12(19)17-14)11-5-4-9(16)6-10(11)15/h4-6,8H,2-3,7H2,1H3,(H,17,19). The Labute approximate surface area is 120 Å². The molecule has 2 fully saturated rings. The van der Waals surface area contributed by atoms with E-state index >= 15 is 0 Å². The molecule has 2 amide bonds. The molecule has 1 saturated carbocycles. The van der Waals surface area contributed by atoms with Crippen molar-refractivity contribution < 1.29 is 14.0 Å². The average Bonchev–Trinajstić information content (AvgIpc) is 3.18. The molecule has 0 aromatic heterocycles. The molecule has 1 aliphatic carbocycles. The number of anilines is 1. The van der Waals surface area contributed by atoms with E-state index in [0.29, 0.717) is 5.69 Å². The van der Waals surface area contributed by atoms with E-state index < -0.39 is 11.4 Å². The molecule has 1 atom stereocenters. The summed E-state index contributed by atoms with van der Waals surface area (Å²) in [5.74, 6) is -0.717. The van der Waals surface area contributed by atoms with E-state index in [9.17, 15) is 14.0 Å². The van der Waals surface area contributed by atoms with Crippen molar-refractivity contribution in [3.8, 4) is 0 Å². The topological polar surface area (TPSA) is 49.4 Å². The molecular weight excluding hydrogens is 283 g/mol. The number of amides is 2. The van der Waals surface area contributed by atoms with Crippen LogP contribution in [0, 0.1) is 11.7 Å². The van der Waals surface area contributed by atoms with E-state index in [2.05, 4.69) is 5.32 Å². The monoisotopic (exact) mass is 296 g/mol. The lowest BCUT2D eigenvalue weighted by atomic mass is 9.91. The zero-order valence-corrected chi connectivity index (χ0v) is 11.7. The van der Waals surface area contributed by atoms with Crippen molar-refractivity contribution in [1.29, 1.82) is 0 Å². The lowest BCUT2D eigenvalue weighted by Crippen LogP contribution is -2.66. The molecule has 1 aromatic carbocycles. The molecular formula is C14H14ClFN2O2. The molecule has 3 rings (SSSR count). The van der Waals surface area contributed by atoms with Gasteiger partial charge in [-0.3, -0.25) is 14.5 Å². The average molecular weight is 297 g/mol. The van der Waals surface area contributed by atoms with Crippen molar-refractivity contribution >= 4 is 29.1 Å². The number of benzene rings is 1. The van der Waals surface area contributed by atoms with E-state index in [4.69, 9.17) is 11.6 Å².